The van der Waals surface area contributed by atoms with Crippen molar-refractivity contribution in [3.63, 3.8) is 0 Å². The Balaban J connectivity index is 1.91. The Morgan fingerprint density at radius 3 is 2.43 bits per heavy atom. The number of thioether (sulfide) groups is 1. The Labute approximate surface area is 129 Å². The summed E-state index contributed by atoms with van der Waals surface area (Å²) in [5.41, 5.74) is 1.89. The first-order chi connectivity index (χ1) is 10.2. The number of hydrogen-bond acceptors (Lipinski definition) is 3. The van der Waals surface area contributed by atoms with Crippen molar-refractivity contribution in [1.82, 2.24) is 5.32 Å². The van der Waals surface area contributed by atoms with Crippen LogP contribution in [0, 0.1) is 0 Å². The molecule has 2 aromatic rings. The molecule has 1 atom stereocenters. The minimum absolute atomic E-state index is 0.0588. The van der Waals surface area contributed by atoms with Gasteiger partial charge in [-0.25, -0.2) is 0 Å². The maximum Gasteiger partial charge on any atom is 0.251 e. The van der Waals surface area contributed by atoms with E-state index < -0.39 is 0 Å². The first-order valence-electron chi connectivity index (χ1n) is 6.87. The van der Waals surface area contributed by atoms with Crippen molar-refractivity contribution in [1.29, 1.82) is 0 Å². The summed E-state index contributed by atoms with van der Waals surface area (Å²) in [6, 6.07) is 17.6. The largest absolute Gasteiger partial charge is 0.394 e. The molecule has 1 unspecified atom stereocenters. The Morgan fingerprint density at radius 2 is 1.81 bits per heavy atom. The van der Waals surface area contributed by atoms with Crippen molar-refractivity contribution < 1.29 is 9.90 Å². The molecule has 1 amide bonds. The molecule has 2 N–H and O–H groups in total. The maximum absolute atomic E-state index is 11.9. The summed E-state index contributed by atoms with van der Waals surface area (Å²) in [6.07, 6.45) is 0. The molecule has 3 nitrogen and oxygen atoms in total. The SMILES string of the molecule is CC(CO)NC(=O)c1ccc(SCc2ccccc2)cc1. The van der Waals surface area contributed by atoms with Crippen molar-refractivity contribution in [3.05, 3.63) is 65.7 Å². The summed E-state index contributed by atoms with van der Waals surface area (Å²) >= 11 is 1.74. The standard InChI is InChI=1S/C17H19NO2S/c1-13(11-19)18-17(20)15-7-9-16(10-8-15)21-12-14-5-3-2-4-6-14/h2-10,13,19H,11-12H2,1H3,(H,18,20). The van der Waals surface area contributed by atoms with Gasteiger partial charge in [0.25, 0.3) is 5.91 Å². The monoisotopic (exact) mass is 301 g/mol. The zero-order valence-electron chi connectivity index (χ0n) is 12.0. The van der Waals surface area contributed by atoms with Crippen LogP contribution in [-0.4, -0.2) is 23.7 Å². The number of nitrogens with one attached hydrogen (secondary N) is 1. The summed E-state index contributed by atoms with van der Waals surface area (Å²) < 4.78 is 0. The van der Waals surface area contributed by atoms with Gasteiger partial charge < -0.3 is 10.4 Å². The second-order valence-electron chi connectivity index (χ2n) is 4.86. The molecule has 0 bridgehead atoms. The van der Waals surface area contributed by atoms with Crippen LogP contribution in [0.15, 0.2) is 59.5 Å². The van der Waals surface area contributed by atoms with E-state index in [1.807, 2.05) is 42.5 Å². The van der Waals surface area contributed by atoms with Gasteiger partial charge in [0.05, 0.1) is 6.61 Å². The summed E-state index contributed by atoms with van der Waals surface area (Å²) in [6.45, 7) is 1.71. The molecular formula is C17H19NO2S. The lowest BCUT2D eigenvalue weighted by Crippen LogP contribution is -2.34. The molecule has 4 heteroatoms. The number of carbonyl (C=O) groups is 1. The third-order valence-electron chi connectivity index (χ3n) is 3.02. The average molecular weight is 301 g/mol. The van der Waals surface area contributed by atoms with Crippen LogP contribution in [0.3, 0.4) is 0 Å². The molecule has 2 aromatic carbocycles. The van der Waals surface area contributed by atoms with Crippen LogP contribution >= 0.6 is 11.8 Å². The molecule has 2 rings (SSSR count). The molecule has 110 valence electrons. The van der Waals surface area contributed by atoms with Crippen molar-refractivity contribution in [2.45, 2.75) is 23.6 Å². The van der Waals surface area contributed by atoms with E-state index in [-0.39, 0.29) is 18.6 Å². The van der Waals surface area contributed by atoms with E-state index >= 15 is 0 Å². The lowest BCUT2D eigenvalue weighted by atomic mass is 10.2. The van der Waals surface area contributed by atoms with Gasteiger partial charge in [-0.2, -0.15) is 0 Å². The van der Waals surface area contributed by atoms with Gasteiger partial charge in [-0.1, -0.05) is 30.3 Å². The lowest BCUT2D eigenvalue weighted by molar-refractivity contribution is 0.0922. The van der Waals surface area contributed by atoms with Gasteiger partial charge in [-0.3, -0.25) is 4.79 Å². The van der Waals surface area contributed by atoms with Crippen LogP contribution in [0.1, 0.15) is 22.8 Å². The second kappa shape index (κ2) is 7.86. The van der Waals surface area contributed by atoms with Gasteiger partial charge in [0.2, 0.25) is 0 Å². The molecule has 0 aliphatic carbocycles. The van der Waals surface area contributed by atoms with E-state index in [1.165, 1.54) is 5.56 Å². The summed E-state index contributed by atoms with van der Waals surface area (Å²) in [7, 11) is 0. The smallest absolute Gasteiger partial charge is 0.251 e. The fraction of sp³-hybridized carbons (Fsp3) is 0.235. The summed E-state index contributed by atoms with van der Waals surface area (Å²) in [5, 5.41) is 11.7. The summed E-state index contributed by atoms with van der Waals surface area (Å²) in [5.74, 6) is 0.754. The number of benzene rings is 2. The Bertz CT molecular complexity index is 569. The molecule has 21 heavy (non-hydrogen) atoms. The minimum Gasteiger partial charge on any atom is -0.394 e. The quantitative estimate of drug-likeness (QED) is 0.806. The van der Waals surface area contributed by atoms with Gasteiger partial charge in [0, 0.05) is 22.3 Å². The Kier molecular flexibility index (Phi) is 5.84. The molecule has 0 aliphatic rings. The number of aliphatic hydroxyl groups is 1. The summed E-state index contributed by atoms with van der Waals surface area (Å²) in [4.78, 5) is 13.0. The molecular weight excluding hydrogens is 282 g/mol. The number of hydrogen-bond donors (Lipinski definition) is 2. The molecule has 0 saturated carbocycles. The molecule has 0 fully saturated rings. The van der Waals surface area contributed by atoms with Crippen LogP contribution in [0.5, 0.6) is 0 Å². The number of rotatable bonds is 6. The lowest BCUT2D eigenvalue weighted by Gasteiger charge is -2.11. The zero-order valence-corrected chi connectivity index (χ0v) is 12.8. The third-order valence-corrected chi connectivity index (χ3v) is 4.10. The van der Waals surface area contributed by atoms with E-state index in [0.717, 1.165) is 10.6 Å². The third kappa shape index (κ3) is 4.92. The van der Waals surface area contributed by atoms with Crippen molar-refractivity contribution in [2.24, 2.45) is 0 Å². The van der Waals surface area contributed by atoms with Crippen LogP contribution < -0.4 is 5.32 Å². The normalized spacial score (nSPS) is 11.9. The van der Waals surface area contributed by atoms with Crippen molar-refractivity contribution in [3.8, 4) is 0 Å². The minimum atomic E-state index is -0.232. The second-order valence-corrected chi connectivity index (χ2v) is 5.90. The van der Waals surface area contributed by atoms with E-state index in [4.69, 9.17) is 5.11 Å². The molecule has 0 aliphatic heterocycles. The number of amides is 1. The zero-order chi connectivity index (χ0) is 15.1. The van der Waals surface area contributed by atoms with Gasteiger partial charge in [0.15, 0.2) is 0 Å². The van der Waals surface area contributed by atoms with Gasteiger partial charge in [-0.05, 0) is 36.8 Å². The van der Waals surface area contributed by atoms with Crippen molar-refractivity contribution in [2.75, 3.05) is 6.61 Å². The predicted octanol–water partition coefficient (Wildman–Crippen LogP) is 3.09. The first kappa shape index (κ1) is 15.6. The van der Waals surface area contributed by atoms with Crippen LogP contribution in [0.4, 0.5) is 0 Å². The molecule has 0 saturated heterocycles. The van der Waals surface area contributed by atoms with Gasteiger partial charge in [0.1, 0.15) is 0 Å². The fourth-order valence-corrected chi connectivity index (χ4v) is 2.65. The maximum atomic E-state index is 11.9. The topological polar surface area (TPSA) is 49.3 Å². The van der Waals surface area contributed by atoms with E-state index in [2.05, 4.69) is 17.4 Å². The van der Waals surface area contributed by atoms with Crippen LogP contribution in [0.25, 0.3) is 0 Å². The van der Waals surface area contributed by atoms with E-state index in [1.54, 1.807) is 18.7 Å². The fourth-order valence-electron chi connectivity index (χ4n) is 1.80. The van der Waals surface area contributed by atoms with Gasteiger partial charge >= 0.3 is 0 Å². The molecule has 0 spiro atoms. The Morgan fingerprint density at radius 1 is 1.14 bits per heavy atom. The predicted molar refractivity (Wildman–Crippen MR) is 86.5 cm³/mol. The number of carbonyl (C=O) groups excluding carboxylic acids is 1. The van der Waals surface area contributed by atoms with E-state index in [9.17, 15) is 4.79 Å². The highest BCUT2D eigenvalue weighted by atomic mass is 32.2. The van der Waals surface area contributed by atoms with Gasteiger partial charge in [-0.15, -0.1) is 11.8 Å². The highest BCUT2D eigenvalue weighted by Crippen LogP contribution is 2.22. The molecule has 0 radical (unpaired) electrons. The highest BCUT2D eigenvalue weighted by Gasteiger charge is 2.08. The molecule has 0 aromatic heterocycles. The average Bonchev–Trinajstić information content (AvgIpc) is 2.54. The highest BCUT2D eigenvalue weighted by molar-refractivity contribution is 7.98. The van der Waals surface area contributed by atoms with Crippen LogP contribution in [0.2, 0.25) is 0 Å². The molecule has 0 heterocycles. The van der Waals surface area contributed by atoms with Crippen molar-refractivity contribution >= 4 is 17.7 Å². The number of aliphatic hydroxyl groups excluding tert-OH is 1. The Hall–Kier alpha value is -1.78. The van der Waals surface area contributed by atoms with Crippen LogP contribution in [-0.2, 0) is 5.75 Å². The first-order valence-corrected chi connectivity index (χ1v) is 7.86. The van der Waals surface area contributed by atoms with E-state index in [0.29, 0.717) is 5.56 Å².